The fraction of sp³-hybridized carbons (Fsp3) is 0.444. The highest BCUT2D eigenvalue weighted by Crippen LogP contribution is 2.22. The predicted molar refractivity (Wildman–Crippen MR) is 146 cm³/mol. The molecule has 5 rings (SSSR count). The Morgan fingerprint density at radius 3 is 2.53 bits per heavy atom. The number of carbonyl (C=O) groups is 1. The Labute approximate surface area is 222 Å². The molecular weight excluding hydrogens is 508 g/mol. The zero-order chi connectivity index (χ0) is 27.3. The maximum Gasteiger partial charge on any atom is 0.265 e. The molecule has 2 N–H and O–H groups in total. The quantitative estimate of drug-likeness (QED) is 0.436. The number of nitrogens with zero attached hydrogens (tertiary/aromatic N) is 3. The van der Waals surface area contributed by atoms with Gasteiger partial charge >= 0.3 is 0 Å². The number of amides is 1. The van der Waals surface area contributed by atoms with Crippen LogP contribution in [0.1, 0.15) is 48.0 Å². The summed E-state index contributed by atoms with van der Waals surface area (Å²) >= 11 is 0. The van der Waals surface area contributed by atoms with Crippen LogP contribution in [0.2, 0.25) is 0 Å². The van der Waals surface area contributed by atoms with E-state index in [4.69, 9.17) is 9.29 Å². The van der Waals surface area contributed by atoms with Crippen molar-refractivity contribution in [3.63, 3.8) is 0 Å². The van der Waals surface area contributed by atoms with E-state index in [1.807, 2.05) is 25.1 Å². The molecule has 3 aromatic rings. The van der Waals surface area contributed by atoms with E-state index in [9.17, 15) is 18.0 Å². The molecule has 1 saturated carbocycles. The Bertz CT molecular complexity index is 1450. The van der Waals surface area contributed by atoms with Crippen molar-refractivity contribution in [1.29, 1.82) is 0 Å². The van der Waals surface area contributed by atoms with Crippen LogP contribution in [0.4, 0.5) is 0 Å². The minimum atomic E-state index is -3.67. The molecule has 38 heavy (non-hydrogen) atoms. The van der Waals surface area contributed by atoms with E-state index in [0.717, 1.165) is 38.0 Å². The molecule has 11 heteroatoms. The maximum absolute atomic E-state index is 13.4. The lowest BCUT2D eigenvalue weighted by molar-refractivity contribution is 0.0951. The van der Waals surface area contributed by atoms with Crippen molar-refractivity contribution in [3.8, 4) is 11.4 Å². The summed E-state index contributed by atoms with van der Waals surface area (Å²) in [6.45, 7) is 5.68. The Hall–Kier alpha value is -3.28. The molecular formula is C27H34N4O6S. The van der Waals surface area contributed by atoms with Crippen LogP contribution in [0.15, 0.2) is 47.5 Å². The second-order valence-corrected chi connectivity index (χ2v) is 11.3. The van der Waals surface area contributed by atoms with E-state index >= 15 is 0 Å². The number of benzene rings is 2. The number of nitrogens with one attached hydrogen (secondary N) is 1. The van der Waals surface area contributed by atoms with E-state index in [2.05, 4.69) is 15.2 Å². The number of aryl methyl sites for hydroxylation is 1. The highest BCUT2D eigenvalue weighted by molar-refractivity contribution is 7.85. The van der Waals surface area contributed by atoms with Gasteiger partial charge in [-0.05, 0) is 81.6 Å². The molecule has 2 heterocycles. The van der Waals surface area contributed by atoms with Gasteiger partial charge in [-0.2, -0.15) is 8.42 Å². The first-order chi connectivity index (χ1) is 18.1. The van der Waals surface area contributed by atoms with Crippen molar-refractivity contribution in [3.05, 3.63) is 64.2 Å². The van der Waals surface area contributed by atoms with E-state index in [1.165, 1.54) is 30.2 Å². The molecule has 0 atom stereocenters. The minimum Gasteiger partial charge on any atom is -0.492 e. The van der Waals surface area contributed by atoms with Crippen LogP contribution in [0, 0.1) is 6.92 Å². The number of piperidine rings is 1. The van der Waals surface area contributed by atoms with Gasteiger partial charge < -0.3 is 10.1 Å². The molecule has 2 fully saturated rings. The summed E-state index contributed by atoms with van der Waals surface area (Å²) < 4.78 is 33.3. The standard InChI is InChI=1S/C26H30N4O3.CH4O3S/c1-18-5-6-19(25(31)28-20-7-8-20)15-24(18)30-17-27-23-10-9-21(16-22(23)26(30)32)33-14-13-29-11-3-2-4-12-29;1-5(2,3)4/h5-6,9-10,15-17,20H,2-4,7-8,11-14H2,1H3,(H,28,31);1H3,(H,2,3,4). The molecule has 0 bridgehead atoms. The average molecular weight is 543 g/mol. The Morgan fingerprint density at radius 1 is 1.13 bits per heavy atom. The molecule has 0 radical (unpaired) electrons. The largest absolute Gasteiger partial charge is 0.492 e. The Morgan fingerprint density at radius 2 is 1.84 bits per heavy atom. The maximum atomic E-state index is 13.4. The van der Waals surface area contributed by atoms with Gasteiger partial charge in [-0.25, -0.2) is 4.98 Å². The molecule has 2 aliphatic rings. The van der Waals surface area contributed by atoms with Crippen LogP contribution in [0.5, 0.6) is 5.75 Å². The SMILES string of the molecule is CS(=O)(=O)O.Cc1ccc(C(=O)NC2CC2)cc1-n1cnc2ccc(OCCN3CCCCC3)cc2c1=O. The monoisotopic (exact) mass is 542 g/mol. The third kappa shape index (κ3) is 7.86. The summed E-state index contributed by atoms with van der Waals surface area (Å²) in [5, 5.41) is 3.50. The van der Waals surface area contributed by atoms with Crippen LogP contribution in [-0.2, 0) is 10.1 Å². The zero-order valence-electron chi connectivity index (χ0n) is 21.7. The van der Waals surface area contributed by atoms with E-state index in [1.54, 1.807) is 18.2 Å². The number of fused-ring (bicyclic) bond motifs is 1. The molecule has 1 aromatic heterocycles. The second-order valence-electron chi connectivity index (χ2n) is 9.83. The number of aromatic nitrogens is 2. The van der Waals surface area contributed by atoms with Gasteiger partial charge in [0.25, 0.3) is 21.6 Å². The highest BCUT2D eigenvalue weighted by atomic mass is 32.2. The molecule has 204 valence electrons. The summed E-state index contributed by atoms with van der Waals surface area (Å²) in [6, 6.07) is 11.2. The van der Waals surface area contributed by atoms with Crippen molar-refractivity contribution in [2.75, 3.05) is 32.5 Å². The fourth-order valence-corrected chi connectivity index (χ4v) is 4.34. The van der Waals surface area contributed by atoms with Gasteiger partial charge in [0.2, 0.25) is 0 Å². The van der Waals surface area contributed by atoms with Crippen molar-refractivity contribution < 1.29 is 22.5 Å². The number of hydrogen-bond donors (Lipinski definition) is 2. The second kappa shape index (κ2) is 12.1. The van der Waals surface area contributed by atoms with E-state index in [0.29, 0.717) is 40.8 Å². The van der Waals surface area contributed by atoms with Crippen molar-refractivity contribution in [1.82, 2.24) is 19.8 Å². The zero-order valence-corrected chi connectivity index (χ0v) is 22.5. The summed E-state index contributed by atoms with van der Waals surface area (Å²) in [7, 11) is -3.67. The number of hydrogen-bond acceptors (Lipinski definition) is 7. The van der Waals surface area contributed by atoms with Gasteiger partial charge in [0.15, 0.2) is 0 Å². The smallest absolute Gasteiger partial charge is 0.265 e. The first kappa shape index (κ1) is 27.7. The third-order valence-electron chi connectivity index (χ3n) is 6.50. The van der Waals surface area contributed by atoms with Gasteiger partial charge in [0, 0.05) is 18.2 Å². The van der Waals surface area contributed by atoms with Crippen molar-refractivity contribution in [2.24, 2.45) is 0 Å². The van der Waals surface area contributed by atoms with Crippen LogP contribution in [-0.4, -0.2) is 71.9 Å². The van der Waals surface area contributed by atoms with Gasteiger partial charge in [-0.15, -0.1) is 0 Å². The average Bonchev–Trinajstić information content (AvgIpc) is 3.69. The summed E-state index contributed by atoms with van der Waals surface area (Å²) in [5.74, 6) is 0.565. The first-order valence-corrected chi connectivity index (χ1v) is 14.6. The lowest BCUT2D eigenvalue weighted by Gasteiger charge is -2.26. The summed E-state index contributed by atoms with van der Waals surface area (Å²) in [5.41, 5.74) is 2.55. The molecule has 0 unspecified atom stereocenters. The molecule has 1 aliphatic carbocycles. The number of ether oxygens (including phenoxy) is 1. The number of likely N-dealkylation sites (tertiary alicyclic amines) is 1. The van der Waals surface area contributed by atoms with Crippen molar-refractivity contribution >= 4 is 26.9 Å². The van der Waals surface area contributed by atoms with Gasteiger partial charge in [-0.3, -0.25) is 23.6 Å². The number of rotatable bonds is 7. The fourth-order valence-electron chi connectivity index (χ4n) is 4.34. The van der Waals surface area contributed by atoms with Crippen LogP contribution in [0.3, 0.4) is 0 Å². The van der Waals surface area contributed by atoms with Crippen LogP contribution in [0.25, 0.3) is 16.6 Å². The summed E-state index contributed by atoms with van der Waals surface area (Å²) in [4.78, 5) is 32.8. The minimum absolute atomic E-state index is 0.107. The molecule has 1 amide bonds. The van der Waals surface area contributed by atoms with Crippen molar-refractivity contribution in [2.45, 2.75) is 45.1 Å². The lowest BCUT2D eigenvalue weighted by Crippen LogP contribution is -2.33. The predicted octanol–water partition coefficient (Wildman–Crippen LogP) is 2.96. The van der Waals surface area contributed by atoms with Crippen LogP contribution < -0.4 is 15.6 Å². The van der Waals surface area contributed by atoms with E-state index < -0.39 is 10.1 Å². The van der Waals surface area contributed by atoms with Gasteiger partial charge in [0.05, 0.1) is 22.8 Å². The highest BCUT2D eigenvalue weighted by Gasteiger charge is 2.24. The summed E-state index contributed by atoms with van der Waals surface area (Å²) in [6.07, 6.45) is 8.13. The Balaban J connectivity index is 0.000000617. The topological polar surface area (TPSA) is 131 Å². The van der Waals surface area contributed by atoms with Gasteiger partial charge in [0.1, 0.15) is 18.7 Å². The first-order valence-electron chi connectivity index (χ1n) is 12.8. The molecule has 1 saturated heterocycles. The number of carbonyl (C=O) groups excluding carboxylic acids is 1. The Kier molecular flexibility index (Phi) is 8.80. The van der Waals surface area contributed by atoms with Crippen LogP contribution >= 0.6 is 0 Å². The lowest BCUT2D eigenvalue weighted by atomic mass is 10.1. The van der Waals surface area contributed by atoms with Gasteiger partial charge in [-0.1, -0.05) is 12.5 Å². The molecule has 2 aromatic carbocycles. The normalized spacial score (nSPS) is 16.0. The molecule has 1 aliphatic heterocycles. The van der Waals surface area contributed by atoms with E-state index in [-0.39, 0.29) is 17.5 Å². The molecule has 10 nitrogen and oxygen atoms in total. The third-order valence-corrected chi connectivity index (χ3v) is 6.50. The molecule has 0 spiro atoms.